The lowest BCUT2D eigenvalue weighted by atomic mass is 9.91. The predicted octanol–water partition coefficient (Wildman–Crippen LogP) is 3.20. The zero-order valence-electron chi connectivity index (χ0n) is 24.7. The highest BCUT2D eigenvalue weighted by molar-refractivity contribution is 7.17. The van der Waals surface area contributed by atoms with Gasteiger partial charge in [0.25, 0.3) is 5.91 Å². The fraction of sp³-hybridized carbons (Fsp3) is 0.333. The number of hydrogen-bond acceptors (Lipinski definition) is 13. The number of carbonyl (C=O) groups excluding carboxylic acids is 1. The summed E-state index contributed by atoms with van der Waals surface area (Å²) < 4.78 is 13.8. The van der Waals surface area contributed by atoms with Crippen molar-refractivity contribution < 1.29 is 13.9 Å². The van der Waals surface area contributed by atoms with Gasteiger partial charge in [0.2, 0.25) is 11.4 Å². The van der Waals surface area contributed by atoms with Crippen LogP contribution in [0.25, 0.3) is 38.0 Å². The monoisotopic (exact) mass is 641 g/mol. The lowest BCUT2D eigenvalue weighted by molar-refractivity contribution is 0.100. The number of hydrogen-bond donors (Lipinski definition) is 5. The van der Waals surface area contributed by atoms with Crippen LogP contribution in [0.2, 0.25) is 0 Å². The number of benzene rings is 1. The van der Waals surface area contributed by atoms with Crippen LogP contribution in [0, 0.1) is 0 Å². The molecule has 1 aliphatic carbocycles. The van der Waals surface area contributed by atoms with Gasteiger partial charge in [-0.1, -0.05) is 18.9 Å². The van der Waals surface area contributed by atoms with Crippen LogP contribution in [0.4, 0.5) is 23.3 Å². The number of carbonyl (C=O) groups is 1. The molecule has 0 unspecified atom stereocenters. The van der Waals surface area contributed by atoms with E-state index in [1.807, 2.05) is 22.4 Å². The third-order valence-electron chi connectivity index (χ3n) is 8.71. The summed E-state index contributed by atoms with van der Waals surface area (Å²) in [6.45, 7) is 2.44. The average Bonchev–Trinajstić information content (AvgIpc) is 3.83. The minimum Gasteiger partial charge on any atom is -0.439 e. The van der Waals surface area contributed by atoms with Crippen molar-refractivity contribution in [3.05, 3.63) is 51.9 Å². The number of nitrogens with zero attached hydrogens (tertiary/aromatic N) is 6. The smallest absolute Gasteiger partial charge is 0.256 e. The number of aromatic amines is 1. The molecule has 1 saturated carbocycles. The third-order valence-corrected chi connectivity index (χ3v) is 9.68. The molecule has 7 N–H and O–H groups in total. The fourth-order valence-electron chi connectivity index (χ4n) is 6.35. The lowest BCUT2D eigenvalue weighted by Crippen LogP contribution is -2.43. The molecule has 5 aromatic heterocycles. The van der Waals surface area contributed by atoms with Crippen LogP contribution in [0.15, 0.2) is 45.3 Å². The summed E-state index contributed by atoms with van der Waals surface area (Å²) in [5.74, 6) is 0.418. The lowest BCUT2D eigenvalue weighted by Gasteiger charge is -2.29. The van der Waals surface area contributed by atoms with Crippen molar-refractivity contribution in [3.63, 3.8) is 0 Å². The van der Waals surface area contributed by atoms with E-state index in [0.29, 0.717) is 59.6 Å². The number of nitrogens with one attached hydrogen (secondary N) is 3. The first-order chi connectivity index (χ1) is 22.5. The molecule has 6 aromatic rings. The standard InChI is InChI=1S/C30H31N11O4S/c31-18-3-1-2-4-19(18)37-30-38-28(23(27(32)43)29-33-14-35-41(29)30)36-20-6-5-15(16-12-34-39-24(16)20)17-13-46-26-21(42)11-22(45-25(17)26)40-7-9-44-10-8-40/h5-6,11-14,18-19,36H,1-4,7-10,31H2,(H2,32,43)(H,34,39)(H,37,38)/t18-,19+/m1/s1. The van der Waals surface area contributed by atoms with Gasteiger partial charge in [-0.05, 0) is 24.5 Å². The summed E-state index contributed by atoms with van der Waals surface area (Å²) in [4.78, 5) is 36.9. The summed E-state index contributed by atoms with van der Waals surface area (Å²) >= 11 is 1.34. The van der Waals surface area contributed by atoms with Crippen molar-refractivity contribution in [2.45, 2.75) is 37.8 Å². The molecule has 6 heterocycles. The Morgan fingerprint density at radius 1 is 1.15 bits per heavy atom. The Morgan fingerprint density at radius 3 is 2.83 bits per heavy atom. The van der Waals surface area contributed by atoms with E-state index in [1.165, 1.54) is 22.2 Å². The van der Waals surface area contributed by atoms with Gasteiger partial charge in [-0.3, -0.25) is 14.7 Å². The third kappa shape index (κ3) is 4.81. The van der Waals surface area contributed by atoms with Crippen LogP contribution < -0.4 is 32.4 Å². The predicted molar refractivity (Wildman–Crippen MR) is 175 cm³/mol. The van der Waals surface area contributed by atoms with Crippen molar-refractivity contribution in [2.24, 2.45) is 11.5 Å². The number of aromatic nitrogens is 6. The number of anilines is 4. The molecular formula is C30H31N11O4S. The van der Waals surface area contributed by atoms with E-state index in [0.717, 1.165) is 42.2 Å². The molecule has 1 amide bonds. The van der Waals surface area contributed by atoms with Crippen LogP contribution in [0.3, 0.4) is 0 Å². The number of H-pyrrole nitrogens is 1. The molecule has 236 valence electrons. The van der Waals surface area contributed by atoms with Crippen LogP contribution in [0.5, 0.6) is 0 Å². The molecule has 0 bridgehead atoms. The van der Waals surface area contributed by atoms with Gasteiger partial charge in [0.05, 0.1) is 18.9 Å². The molecule has 1 aromatic carbocycles. The number of amides is 1. The zero-order valence-corrected chi connectivity index (χ0v) is 25.5. The number of thiophene rings is 1. The molecule has 1 saturated heterocycles. The minimum atomic E-state index is -0.709. The van der Waals surface area contributed by atoms with Gasteiger partial charge < -0.3 is 36.2 Å². The number of fused-ring (bicyclic) bond motifs is 3. The minimum absolute atomic E-state index is 0.0116. The number of nitrogens with two attached hydrogens (primary N) is 2. The topological polar surface area (TPSA) is 208 Å². The molecule has 15 nitrogen and oxygen atoms in total. The average molecular weight is 642 g/mol. The number of rotatable bonds is 7. The molecular weight excluding hydrogens is 610 g/mol. The second-order valence-electron chi connectivity index (χ2n) is 11.5. The summed E-state index contributed by atoms with van der Waals surface area (Å²) in [6.07, 6.45) is 7.07. The van der Waals surface area contributed by atoms with E-state index < -0.39 is 5.91 Å². The summed E-state index contributed by atoms with van der Waals surface area (Å²) in [5.41, 5.74) is 15.8. The summed E-state index contributed by atoms with van der Waals surface area (Å²) in [7, 11) is 0. The van der Waals surface area contributed by atoms with E-state index in [-0.39, 0.29) is 34.5 Å². The maximum atomic E-state index is 13.1. The van der Waals surface area contributed by atoms with Gasteiger partial charge in [-0.2, -0.15) is 19.7 Å². The van der Waals surface area contributed by atoms with Crippen molar-refractivity contribution in [3.8, 4) is 11.1 Å². The highest BCUT2D eigenvalue weighted by Crippen LogP contribution is 2.40. The first-order valence-corrected chi connectivity index (χ1v) is 16.0. The summed E-state index contributed by atoms with van der Waals surface area (Å²) in [5, 5.41) is 21.2. The Bertz CT molecular complexity index is 2160. The van der Waals surface area contributed by atoms with Crippen molar-refractivity contribution >= 4 is 67.4 Å². The van der Waals surface area contributed by atoms with Crippen LogP contribution in [-0.2, 0) is 4.74 Å². The second kappa shape index (κ2) is 11.4. The number of primary amides is 1. The molecule has 2 fully saturated rings. The van der Waals surface area contributed by atoms with Gasteiger partial charge in [-0.25, -0.2) is 4.98 Å². The molecule has 2 atom stereocenters. The van der Waals surface area contributed by atoms with Crippen LogP contribution in [-0.4, -0.2) is 74.1 Å². The SMILES string of the molecule is NC(=O)c1c(Nc2ccc(-c3csc4c(=O)cc(N5CCOCC5)oc34)c3c[nH]nc23)nc(N[C@H]2CCCC[C@H]2N)n2ncnc12. The van der Waals surface area contributed by atoms with E-state index >= 15 is 0 Å². The van der Waals surface area contributed by atoms with Crippen molar-refractivity contribution in [2.75, 3.05) is 41.8 Å². The van der Waals surface area contributed by atoms with Gasteiger partial charge >= 0.3 is 0 Å². The van der Waals surface area contributed by atoms with E-state index in [1.54, 1.807) is 12.3 Å². The highest BCUT2D eigenvalue weighted by atomic mass is 32.1. The maximum absolute atomic E-state index is 13.1. The Balaban J connectivity index is 1.20. The molecule has 8 rings (SSSR count). The zero-order chi connectivity index (χ0) is 31.4. The molecule has 1 aliphatic heterocycles. The largest absolute Gasteiger partial charge is 0.439 e. The van der Waals surface area contributed by atoms with Crippen molar-refractivity contribution in [1.29, 1.82) is 0 Å². The Labute approximate surface area is 264 Å². The number of morpholine rings is 1. The highest BCUT2D eigenvalue weighted by Gasteiger charge is 2.27. The Kier molecular flexibility index (Phi) is 7.03. The number of ether oxygens (including phenoxy) is 1. The fourth-order valence-corrected chi connectivity index (χ4v) is 7.26. The molecule has 46 heavy (non-hydrogen) atoms. The molecule has 2 aliphatic rings. The molecule has 0 radical (unpaired) electrons. The first-order valence-electron chi connectivity index (χ1n) is 15.1. The Morgan fingerprint density at radius 2 is 2.00 bits per heavy atom. The molecule has 0 spiro atoms. The normalized spacial score (nSPS) is 18.8. The van der Waals surface area contributed by atoms with Gasteiger partial charge in [0.1, 0.15) is 22.1 Å². The maximum Gasteiger partial charge on any atom is 0.256 e. The first kappa shape index (κ1) is 28.4. The van der Waals surface area contributed by atoms with Gasteiger partial charge in [0, 0.05) is 53.8 Å². The molecule has 16 heteroatoms. The van der Waals surface area contributed by atoms with Gasteiger partial charge in [-0.15, -0.1) is 11.3 Å². The van der Waals surface area contributed by atoms with Gasteiger partial charge in [0.15, 0.2) is 22.9 Å². The van der Waals surface area contributed by atoms with Crippen LogP contribution in [0.1, 0.15) is 36.0 Å². The Hall–Kier alpha value is -5.06. The van der Waals surface area contributed by atoms with E-state index in [4.69, 9.17) is 25.6 Å². The quantitative estimate of drug-likeness (QED) is 0.170. The van der Waals surface area contributed by atoms with Crippen molar-refractivity contribution in [1.82, 2.24) is 29.8 Å². The van der Waals surface area contributed by atoms with E-state index in [9.17, 15) is 9.59 Å². The van der Waals surface area contributed by atoms with E-state index in [2.05, 4.69) is 30.9 Å². The van der Waals surface area contributed by atoms with Crippen LogP contribution >= 0.6 is 11.3 Å². The summed E-state index contributed by atoms with van der Waals surface area (Å²) in [6, 6.07) is 5.26. The second-order valence-corrected chi connectivity index (χ2v) is 12.4.